The van der Waals surface area contributed by atoms with Crippen LogP contribution in [-0.4, -0.2) is 0 Å². The lowest BCUT2D eigenvalue weighted by Gasteiger charge is -2.10. The van der Waals surface area contributed by atoms with Crippen LogP contribution in [0.3, 0.4) is 0 Å². The topological polar surface area (TPSA) is 73.3 Å². The summed E-state index contributed by atoms with van der Waals surface area (Å²) in [5, 5.41) is 3.32. The number of benzene rings is 3. The first kappa shape index (κ1) is 13.8. The minimum atomic E-state index is 0.581. The van der Waals surface area contributed by atoms with Gasteiger partial charge in [0.25, 0.3) is 0 Å². The fourth-order valence-corrected chi connectivity index (χ4v) is 2.14. The molecule has 0 unspecified atom stereocenters. The average molecular weight is 291 g/mol. The zero-order valence-electron chi connectivity index (χ0n) is 12.0. The van der Waals surface area contributed by atoms with Gasteiger partial charge in [-0.15, -0.1) is 0 Å². The summed E-state index contributed by atoms with van der Waals surface area (Å²) in [5.74, 6) is 1.35. The van der Waals surface area contributed by atoms with Crippen molar-refractivity contribution in [1.82, 2.24) is 0 Å². The molecule has 0 fully saturated rings. The molecular weight excluding hydrogens is 274 g/mol. The first-order valence-electron chi connectivity index (χ1n) is 6.95. The summed E-state index contributed by atoms with van der Waals surface area (Å²) in [4.78, 5) is 0. The van der Waals surface area contributed by atoms with E-state index in [2.05, 4.69) is 5.32 Å². The number of anilines is 4. The maximum absolute atomic E-state index is 5.76. The van der Waals surface area contributed by atoms with Crippen molar-refractivity contribution in [3.05, 3.63) is 72.8 Å². The average Bonchev–Trinajstić information content (AvgIpc) is 2.49. The summed E-state index contributed by atoms with van der Waals surface area (Å²) < 4.78 is 5.76. The van der Waals surface area contributed by atoms with Crippen LogP contribution in [0.25, 0.3) is 0 Å². The molecule has 0 atom stereocenters. The molecule has 3 rings (SSSR count). The number of rotatable bonds is 4. The van der Waals surface area contributed by atoms with Crippen LogP contribution in [0.4, 0.5) is 22.7 Å². The standard InChI is InChI=1S/C18H17N3O/c19-13-10-14(20)12-18(11-13)22-17-8-6-16(7-9-17)21-15-4-2-1-3-5-15/h1-12,21H,19-20H2. The number of ether oxygens (including phenoxy) is 1. The molecule has 0 amide bonds. The van der Waals surface area contributed by atoms with Gasteiger partial charge >= 0.3 is 0 Å². The lowest BCUT2D eigenvalue weighted by Crippen LogP contribution is -1.93. The van der Waals surface area contributed by atoms with Crippen LogP contribution < -0.4 is 21.5 Å². The lowest BCUT2D eigenvalue weighted by atomic mass is 10.2. The van der Waals surface area contributed by atoms with Gasteiger partial charge in [0.15, 0.2) is 0 Å². The Bertz CT molecular complexity index is 735. The van der Waals surface area contributed by atoms with Gasteiger partial charge in [0.2, 0.25) is 0 Å². The molecule has 5 N–H and O–H groups in total. The van der Waals surface area contributed by atoms with Crippen molar-refractivity contribution >= 4 is 22.7 Å². The number of nitrogen functional groups attached to an aromatic ring is 2. The largest absolute Gasteiger partial charge is 0.457 e. The molecule has 0 aromatic heterocycles. The number of para-hydroxylation sites is 1. The third-order valence-electron chi connectivity index (χ3n) is 3.10. The maximum atomic E-state index is 5.76. The molecule has 0 heterocycles. The summed E-state index contributed by atoms with van der Waals surface area (Å²) in [6.07, 6.45) is 0. The minimum absolute atomic E-state index is 0.581. The van der Waals surface area contributed by atoms with E-state index in [-0.39, 0.29) is 0 Å². The van der Waals surface area contributed by atoms with Crippen molar-refractivity contribution < 1.29 is 4.74 Å². The summed E-state index contributed by atoms with van der Waals surface area (Å²) in [7, 11) is 0. The predicted molar refractivity (Wildman–Crippen MR) is 91.5 cm³/mol. The molecule has 0 spiro atoms. The third-order valence-corrected chi connectivity index (χ3v) is 3.10. The molecular formula is C18H17N3O. The predicted octanol–water partition coefficient (Wildman–Crippen LogP) is 4.39. The van der Waals surface area contributed by atoms with Crippen LogP contribution in [0.5, 0.6) is 11.5 Å². The number of hydrogen-bond acceptors (Lipinski definition) is 4. The van der Waals surface area contributed by atoms with E-state index in [1.54, 1.807) is 18.2 Å². The van der Waals surface area contributed by atoms with Crippen LogP contribution in [0.15, 0.2) is 72.8 Å². The van der Waals surface area contributed by atoms with E-state index in [1.165, 1.54) is 0 Å². The zero-order valence-corrected chi connectivity index (χ0v) is 12.0. The number of nitrogens with two attached hydrogens (primary N) is 2. The van der Waals surface area contributed by atoms with Crippen LogP contribution >= 0.6 is 0 Å². The molecule has 110 valence electrons. The van der Waals surface area contributed by atoms with Crippen LogP contribution in [0, 0.1) is 0 Å². The highest BCUT2D eigenvalue weighted by Gasteiger charge is 2.01. The Balaban J connectivity index is 1.71. The van der Waals surface area contributed by atoms with Gasteiger partial charge < -0.3 is 21.5 Å². The molecule has 4 nitrogen and oxygen atoms in total. The van der Waals surface area contributed by atoms with Crippen molar-refractivity contribution in [3.63, 3.8) is 0 Å². The van der Waals surface area contributed by atoms with Crippen LogP contribution in [-0.2, 0) is 0 Å². The first-order valence-corrected chi connectivity index (χ1v) is 6.95. The quantitative estimate of drug-likeness (QED) is 0.623. The molecule has 22 heavy (non-hydrogen) atoms. The fourth-order valence-electron chi connectivity index (χ4n) is 2.14. The molecule has 0 saturated carbocycles. The Morgan fingerprint density at radius 2 is 1.23 bits per heavy atom. The van der Waals surface area contributed by atoms with Gasteiger partial charge in [-0.2, -0.15) is 0 Å². The van der Waals surface area contributed by atoms with Crippen molar-refractivity contribution in [2.24, 2.45) is 0 Å². The highest BCUT2D eigenvalue weighted by molar-refractivity contribution is 5.61. The van der Waals surface area contributed by atoms with Crippen LogP contribution in [0.1, 0.15) is 0 Å². The van der Waals surface area contributed by atoms with Gasteiger partial charge in [0, 0.05) is 34.9 Å². The fraction of sp³-hybridized carbons (Fsp3) is 0. The van der Waals surface area contributed by atoms with Gasteiger partial charge in [0.1, 0.15) is 11.5 Å². The van der Waals surface area contributed by atoms with E-state index in [1.807, 2.05) is 54.6 Å². The Labute approximate surface area is 129 Å². The van der Waals surface area contributed by atoms with E-state index in [4.69, 9.17) is 16.2 Å². The van der Waals surface area contributed by atoms with Crippen molar-refractivity contribution in [3.8, 4) is 11.5 Å². The molecule has 3 aromatic carbocycles. The Hall–Kier alpha value is -3.14. The molecule has 0 radical (unpaired) electrons. The maximum Gasteiger partial charge on any atom is 0.131 e. The van der Waals surface area contributed by atoms with E-state index in [0.717, 1.165) is 17.1 Å². The molecule has 4 heteroatoms. The normalized spacial score (nSPS) is 10.2. The molecule has 0 aliphatic carbocycles. The van der Waals surface area contributed by atoms with E-state index in [0.29, 0.717) is 17.1 Å². The SMILES string of the molecule is Nc1cc(N)cc(Oc2ccc(Nc3ccccc3)cc2)c1. The Morgan fingerprint density at radius 3 is 1.86 bits per heavy atom. The van der Waals surface area contributed by atoms with Gasteiger partial charge in [-0.05, 0) is 42.5 Å². The van der Waals surface area contributed by atoms with E-state index in [9.17, 15) is 0 Å². The molecule has 0 aliphatic heterocycles. The molecule has 3 aromatic rings. The minimum Gasteiger partial charge on any atom is -0.457 e. The molecule has 0 aliphatic rings. The number of hydrogen-bond donors (Lipinski definition) is 3. The summed E-state index contributed by atoms with van der Waals surface area (Å²) in [6, 6.07) is 22.9. The molecule has 0 bridgehead atoms. The zero-order chi connectivity index (χ0) is 15.4. The van der Waals surface area contributed by atoms with Gasteiger partial charge in [-0.25, -0.2) is 0 Å². The highest BCUT2D eigenvalue weighted by atomic mass is 16.5. The second-order valence-corrected chi connectivity index (χ2v) is 4.95. The van der Waals surface area contributed by atoms with Gasteiger partial charge in [-0.3, -0.25) is 0 Å². The first-order chi connectivity index (χ1) is 10.7. The second kappa shape index (κ2) is 6.10. The van der Waals surface area contributed by atoms with E-state index >= 15 is 0 Å². The van der Waals surface area contributed by atoms with Gasteiger partial charge in [-0.1, -0.05) is 18.2 Å². The van der Waals surface area contributed by atoms with Crippen molar-refractivity contribution in [2.75, 3.05) is 16.8 Å². The number of nitrogens with one attached hydrogen (secondary N) is 1. The van der Waals surface area contributed by atoms with Gasteiger partial charge in [0.05, 0.1) is 0 Å². The summed E-state index contributed by atoms with van der Waals surface area (Å²) >= 11 is 0. The Kier molecular flexibility index (Phi) is 3.83. The van der Waals surface area contributed by atoms with E-state index < -0.39 is 0 Å². The molecule has 0 saturated heterocycles. The van der Waals surface area contributed by atoms with Crippen molar-refractivity contribution in [1.29, 1.82) is 0 Å². The van der Waals surface area contributed by atoms with Crippen LogP contribution in [0.2, 0.25) is 0 Å². The monoisotopic (exact) mass is 291 g/mol. The van der Waals surface area contributed by atoms with Crippen molar-refractivity contribution in [2.45, 2.75) is 0 Å². The Morgan fingerprint density at radius 1 is 0.636 bits per heavy atom. The second-order valence-electron chi connectivity index (χ2n) is 4.95. The lowest BCUT2D eigenvalue weighted by molar-refractivity contribution is 0.483. The smallest absolute Gasteiger partial charge is 0.131 e. The third kappa shape index (κ3) is 3.49. The summed E-state index contributed by atoms with van der Waals surface area (Å²) in [5.41, 5.74) is 14.7. The highest BCUT2D eigenvalue weighted by Crippen LogP contribution is 2.27. The summed E-state index contributed by atoms with van der Waals surface area (Å²) in [6.45, 7) is 0.